The lowest BCUT2D eigenvalue weighted by atomic mass is 10.1. The third-order valence-electron chi connectivity index (χ3n) is 4.02. The van der Waals surface area contributed by atoms with E-state index in [9.17, 15) is 0 Å². The largest absolute Gasteiger partial charge is 0.454 e. The number of nitrogens with zero attached hydrogens (tertiary/aromatic N) is 1. The predicted molar refractivity (Wildman–Crippen MR) is 81.8 cm³/mol. The van der Waals surface area contributed by atoms with Gasteiger partial charge in [0, 0.05) is 31.9 Å². The molecule has 0 amide bonds. The van der Waals surface area contributed by atoms with Crippen molar-refractivity contribution >= 4 is 5.69 Å². The van der Waals surface area contributed by atoms with E-state index in [0.29, 0.717) is 6.79 Å². The molecule has 2 aliphatic rings. The van der Waals surface area contributed by atoms with Gasteiger partial charge in [-0.1, -0.05) is 24.3 Å². The summed E-state index contributed by atoms with van der Waals surface area (Å²) in [6.45, 7) is 4.16. The fourth-order valence-electron chi connectivity index (χ4n) is 2.95. The molecule has 0 unspecified atom stereocenters. The first-order valence-electron chi connectivity index (χ1n) is 7.32. The number of hydrogen-bond acceptors (Lipinski definition) is 4. The Morgan fingerprint density at radius 3 is 2.95 bits per heavy atom. The van der Waals surface area contributed by atoms with Crippen molar-refractivity contribution in [2.24, 2.45) is 0 Å². The second-order valence-electron chi connectivity index (χ2n) is 5.41. The number of fused-ring (bicyclic) bond motifs is 2. The molecule has 0 aliphatic carbocycles. The highest BCUT2D eigenvalue weighted by molar-refractivity contribution is 5.55. The van der Waals surface area contributed by atoms with Crippen molar-refractivity contribution in [3.05, 3.63) is 53.6 Å². The molecule has 1 N–H and O–H groups in total. The molecule has 0 radical (unpaired) electrons. The summed E-state index contributed by atoms with van der Waals surface area (Å²) < 4.78 is 10.8. The molecule has 2 aromatic carbocycles. The van der Waals surface area contributed by atoms with E-state index in [2.05, 4.69) is 46.6 Å². The lowest BCUT2D eigenvalue weighted by Crippen LogP contribution is -2.28. The zero-order chi connectivity index (χ0) is 14.1. The van der Waals surface area contributed by atoms with Crippen molar-refractivity contribution in [1.29, 1.82) is 0 Å². The first-order valence-corrected chi connectivity index (χ1v) is 7.32. The minimum absolute atomic E-state index is 0.329. The van der Waals surface area contributed by atoms with Crippen molar-refractivity contribution in [3.63, 3.8) is 0 Å². The molecule has 0 fully saturated rings. The van der Waals surface area contributed by atoms with Gasteiger partial charge in [-0.15, -0.1) is 0 Å². The molecule has 2 aromatic rings. The third-order valence-corrected chi connectivity index (χ3v) is 4.02. The van der Waals surface area contributed by atoms with Gasteiger partial charge >= 0.3 is 0 Å². The third kappa shape index (κ3) is 2.43. The van der Waals surface area contributed by atoms with E-state index in [0.717, 1.165) is 37.7 Å². The summed E-state index contributed by atoms with van der Waals surface area (Å²) in [5.41, 5.74) is 3.92. The average Bonchev–Trinajstić information content (AvgIpc) is 2.89. The molecule has 0 bridgehead atoms. The molecule has 0 saturated heterocycles. The number of hydrogen-bond donors (Lipinski definition) is 1. The van der Waals surface area contributed by atoms with Crippen LogP contribution in [0.4, 0.5) is 5.69 Å². The number of para-hydroxylation sites is 1. The van der Waals surface area contributed by atoms with Crippen LogP contribution in [0.25, 0.3) is 0 Å². The van der Waals surface area contributed by atoms with Crippen LogP contribution < -0.4 is 19.7 Å². The Hall–Kier alpha value is -2.20. The first-order chi connectivity index (χ1) is 10.4. The van der Waals surface area contributed by atoms with E-state index < -0.39 is 0 Å². The summed E-state index contributed by atoms with van der Waals surface area (Å²) in [4.78, 5) is 2.42. The van der Waals surface area contributed by atoms with Gasteiger partial charge < -0.3 is 19.7 Å². The van der Waals surface area contributed by atoms with Crippen LogP contribution in [0, 0.1) is 0 Å². The molecule has 2 aliphatic heterocycles. The standard InChI is InChI=1S/C17H18N2O2/c1-2-4-15-14(3-1)10-18-7-8-19(15)11-13-5-6-16-17(9-13)21-12-20-16/h1-6,9,18H,7-8,10-12H2. The van der Waals surface area contributed by atoms with Gasteiger partial charge in [-0.05, 0) is 29.3 Å². The van der Waals surface area contributed by atoms with E-state index in [1.165, 1.54) is 16.8 Å². The number of benzene rings is 2. The molecular weight excluding hydrogens is 264 g/mol. The van der Waals surface area contributed by atoms with Gasteiger partial charge in [0.15, 0.2) is 11.5 Å². The molecule has 0 aromatic heterocycles. The fourth-order valence-corrected chi connectivity index (χ4v) is 2.95. The minimum Gasteiger partial charge on any atom is -0.454 e. The monoisotopic (exact) mass is 282 g/mol. The van der Waals surface area contributed by atoms with Crippen molar-refractivity contribution in [3.8, 4) is 11.5 Å². The topological polar surface area (TPSA) is 33.7 Å². The SMILES string of the molecule is c1ccc2c(c1)CNCCN2Cc1ccc2c(c1)OCO2. The number of anilines is 1. The van der Waals surface area contributed by atoms with E-state index in [1.54, 1.807) is 0 Å². The average molecular weight is 282 g/mol. The quantitative estimate of drug-likeness (QED) is 0.917. The number of ether oxygens (including phenoxy) is 2. The summed E-state index contributed by atoms with van der Waals surface area (Å²) in [5, 5.41) is 3.47. The maximum Gasteiger partial charge on any atom is 0.231 e. The van der Waals surface area contributed by atoms with Gasteiger partial charge in [0.05, 0.1) is 0 Å². The zero-order valence-corrected chi connectivity index (χ0v) is 11.8. The van der Waals surface area contributed by atoms with E-state index in [-0.39, 0.29) is 0 Å². The Kier molecular flexibility index (Phi) is 3.16. The molecule has 108 valence electrons. The molecule has 0 spiro atoms. The lowest BCUT2D eigenvalue weighted by molar-refractivity contribution is 0.174. The Balaban J connectivity index is 1.62. The minimum atomic E-state index is 0.329. The maximum atomic E-state index is 5.47. The Morgan fingerprint density at radius 2 is 1.95 bits per heavy atom. The summed E-state index contributed by atoms with van der Waals surface area (Å²) in [7, 11) is 0. The highest BCUT2D eigenvalue weighted by atomic mass is 16.7. The molecule has 4 nitrogen and oxygen atoms in total. The highest BCUT2D eigenvalue weighted by Gasteiger charge is 2.17. The lowest BCUT2D eigenvalue weighted by Gasteiger charge is -2.24. The van der Waals surface area contributed by atoms with E-state index in [4.69, 9.17) is 9.47 Å². The molecule has 0 atom stereocenters. The van der Waals surface area contributed by atoms with Crippen LogP contribution in [0.15, 0.2) is 42.5 Å². The maximum absolute atomic E-state index is 5.47. The fraction of sp³-hybridized carbons (Fsp3) is 0.294. The van der Waals surface area contributed by atoms with Gasteiger partial charge in [-0.3, -0.25) is 0 Å². The molecule has 4 rings (SSSR count). The van der Waals surface area contributed by atoms with Gasteiger partial charge in [0.1, 0.15) is 0 Å². The number of nitrogens with one attached hydrogen (secondary N) is 1. The van der Waals surface area contributed by atoms with Crippen molar-refractivity contribution < 1.29 is 9.47 Å². The van der Waals surface area contributed by atoms with Crippen LogP contribution in [0.1, 0.15) is 11.1 Å². The van der Waals surface area contributed by atoms with Gasteiger partial charge in [-0.2, -0.15) is 0 Å². The van der Waals surface area contributed by atoms with Gasteiger partial charge in [0.2, 0.25) is 6.79 Å². The summed E-state index contributed by atoms with van der Waals surface area (Å²) in [6, 6.07) is 14.8. The summed E-state index contributed by atoms with van der Waals surface area (Å²) >= 11 is 0. The Morgan fingerprint density at radius 1 is 1.05 bits per heavy atom. The van der Waals surface area contributed by atoms with Crippen molar-refractivity contribution in [1.82, 2.24) is 5.32 Å². The first kappa shape index (κ1) is 12.5. The van der Waals surface area contributed by atoms with Crippen molar-refractivity contribution in [2.45, 2.75) is 13.1 Å². The second-order valence-corrected chi connectivity index (χ2v) is 5.41. The number of rotatable bonds is 2. The van der Waals surface area contributed by atoms with Crippen LogP contribution in [-0.2, 0) is 13.1 Å². The molecule has 2 heterocycles. The summed E-state index contributed by atoms with van der Waals surface area (Å²) in [5.74, 6) is 1.70. The predicted octanol–water partition coefficient (Wildman–Crippen LogP) is 2.53. The van der Waals surface area contributed by atoms with Gasteiger partial charge in [-0.25, -0.2) is 0 Å². The summed E-state index contributed by atoms with van der Waals surface area (Å²) in [6.07, 6.45) is 0. The molecular formula is C17H18N2O2. The molecule has 21 heavy (non-hydrogen) atoms. The smallest absolute Gasteiger partial charge is 0.231 e. The highest BCUT2D eigenvalue weighted by Crippen LogP contribution is 2.33. The van der Waals surface area contributed by atoms with Crippen LogP contribution in [-0.4, -0.2) is 19.9 Å². The second kappa shape index (κ2) is 5.30. The van der Waals surface area contributed by atoms with Crippen molar-refractivity contribution in [2.75, 3.05) is 24.8 Å². The van der Waals surface area contributed by atoms with E-state index >= 15 is 0 Å². The Labute approximate surface area is 124 Å². The molecule has 0 saturated carbocycles. The van der Waals surface area contributed by atoms with Crippen LogP contribution >= 0.6 is 0 Å². The Bertz CT molecular complexity index is 657. The van der Waals surface area contributed by atoms with Crippen LogP contribution in [0.5, 0.6) is 11.5 Å². The normalized spacial score (nSPS) is 16.5. The van der Waals surface area contributed by atoms with Gasteiger partial charge in [0.25, 0.3) is 0 Å². The van der Waals surface area contributed by atoms with Crippen LogP contribution in [0.3, 0.4) is 0 Å². The van der Waals surface area contributed by atoms with E-state index in [1.807, 2.05) is 6.07 Å². The molecule has 4 heteroatoms. The van der Waals surface area contributed by atoms with Crippen LogP contribution in [0.2, 0.25) is 0 Å². The zero-order valence-electron chi connectivity index (χ0n) is 11.8.